The zero-order valence-corrected chi connectivity index (χ0v) is 13.1. The molecule has 0 radical (unpaired) electrons. The molecular weight excluding hydrogens is 380 g/mol. The summed E-state index contributed by atoms with van der Waals surface area (Å²) in [5.74, 6) is 0.0209. The molecule has 94 valence electrons. The summed E-state index contributed by atoms with van der Waals surface area (Å²) in [5, 5.41) is 9.67. The van der Waals surface area contributed by atoms with Gasteiger partial charge in [-0.1, -0.05) is 6.92 Å². The van der Waals surface area contributed by atoms with E-state index in [0.29, 0.717) is 6.61 Å². The third-order valence-electron chi connectivity index (χ3n) is 3.34. The van der Waals surface area contributed by atoms with Crippen LogP contribution in [0, 0.1) is 20.0 Å². The van der Waals surface area contributed by atoms with E-state index in [2.05, 4.69) is 0 Å². The average molecular weight is 400 g/mol. The fourth-order valence-corrected chi connectivity index (χ4v) is 2.06. The van der Waals surface area contributed by atoms with Crippen molar-refractivity contribution < 1.29 is 40.4 Å². The molecule has 2 aliphatic heterocycles. The molecule has 0 aliphatic carbocycles. The minimum absolute atomic E-state index is 0. The number of aliphatic hydroxyl groups excluding tert-OH is 1. The number of hydrogen-bond donors (Lipinski definition) is 1. The summed E-state index contributed by atoms with van der Waals surface area (Å²) in [6.07, 6.45) is -0.911. The topological polar surface area (TPSA) is 47.9 Å². The third kappa shape index (κ3) is 2.67. The molecule has 4 nitrogen and oxygen atoms in total. The van der Waals surface area contributed by atoms with Crippen LogP contribution in [0.5, 0.6) is 0 Å². The number of rotatable bonds is 0. The number of hydrogen-bond acceptors (Lipinski definition) is 4. The summed E-state index contributed by atoms with van der Waals surface area (Å²) in [5.41, 5.74) is -0.453. The Hall–Kier alpha value is 0.528. The standard InChI is InChI=1S/C10H17O4.CH3.W/c1-6-8(11)4-13-9-5-12-7(2)14-10(6,9)3;;/h4,6-9,11H,5H2,1-3H3;1H3;/q2*-1;+2. The first-order valence-electron chi connectivity index (χ1n) is 5.00. The van der Waals surface area contributed by atoms with E-state index in [4.69, 9.17) is 14.2 Å². The van der Waals surface area contributed by atoms with E-state index in [1.54, 1.807) is 0 Å². The molecule has 2 saturated heterocycles. The Morgan fingerprint density at radius 3 is 2.62 bits per heavy atom. The zero-order chi connectivity index (χ0) is 10.3. The summed E-state index contributed by atoms with van der Waals surface area (Å²) >= 11 is 0. The van der Waals surface area contributed by atoms with Crippen molar-refractivity contribution in [1.82, 2.24) is 0 Å². The van der Waals surface area contributed by atoms with E-state index in [1.807, 2.05) is 20.8 Å². The zero-order valence-electron chi connectivity index (χ0n) is 10.2. The van der Waals surface area contributed by atoms with Gasteiger partial charge in [0.2, 0.25) is 0 Å². The molecule has 0 bridgehead atoms. The Morgan fingerprint density at radius 1 is 1.38 bits per heavy atom. The number of aliphatic hydroxyl groups is 1. The fourth-order valence-electron chi connectivity index (χ4n) is 2.06. The van der Waals surface area contributed by atoms with Gasteiger partial charge in [-0.3, -0.25) is 0 Å². The van der Waals surface area contributed by atoms with Crippen molar-refractivity contribution in [3.05, 3.63) is 14.0 Å². The monoisotopic (exact) mass is 400 g/mol. The molecule has 0 aromatic heterocycles. The van der Waals surface area contributed by atoms with Crippen molar-refractivity contribution in [3.63, 3.8) is 0 Å². The van der Waals surface area contributed by atoms with Crippen molar-refractivity contribution in [2.45, 2.75) is 44.9 Å². The van der Waals surface area contributed by atoms with Crippen LogP contribution in [0.15, 0.2) is 0 Å². The van der Waals surface area contributed by atoms with Crippen LogP contribution in [0.4, 0.5) is 0 Å². The molecule has 2 heterocycles. The normalized spacial score (nSPS) is 47.2. The summed E-state index contributed by atoms with van der Waals surface area (Å²) in [6.45, 7) is 7.79. The first kappa shape index (κ1) is 16.5. The van der Waals surface area contributed by atoms with Gasteiger partial charge in [-0.25, -0.2) is 0 Å². The van der Waals surface area contributed by atoms with Gasteiger partial charge in [-0.05, 0) is 25.9 Å². The second-order valence-corrected chi connectivity index (χ2v) is 4.24. The SMILES string of the molecule is CC1OCC2O[CH-]C(O)C(C)C2(C)O1.[CH3-].[W+2]. The van der Waals surface area contributed by atoms with Gasteiger partial charge in [0.05, 0.1) is 18.3 Å². The first-order chi connectivity index (χ1) is 6.54. The minimum Gasteiger partial charge on any atom is -0.544 e. The molecule has 0 amide bonds. The van der Waals surface area contributed by atoms with Gasteiger partial charge in [-0.2, -0.15) is 6.61 Å². The van der Waals surface area contributed by atoms with E-state index in [0.717, 1.165) is 0 Å². The van der Waals surface area contributed by atoms with Gasteiger partial charge in [0.25, 0.3) is 0 Å². The Kier molecular flexibility index (Phi) is 6.12. The summed E-state index contributed by atoms with van der Waals surface area (Å²) in [4.78, 5) is 0. The Bertz CT molecular complexity index is 220. The molecule has 5 heteroatoms. The summed E-state index contributed by atoms with van der Waals surface area (Å²) in [7, 11) is 0. The van der Waals surface area contributed by atoms with E-state index < -0.39 is 11.7 Å². The molecule has 0 spiro atoms. The van der Waals surface area contributed by atoms with Gasteiger partial charge in [-0.15, -0.1) is 0 Å². The van der Waals surface area contributed by atoms with Crippen molar-refractivity contribution in [2.24, 2.45) is 5.92 Å². The Labute approximate surface area is 112 Å². The molecule has 0 aromatic rings. The second kappa shape index (κ2) is 5.92. The fraction of sp³-hybridized carbons (Fsp3) is 0.818. The van der Waals surface area contributed by atoms with Crippen molar-refractivity contribution in [1.29, 1.82) is 0 Å². The van der Waals surface area contributed by atoms with Crippen LogP contribution < -0.4 is 0 Å². The summed E-state index contributed by atoms with van der Waals surface area (Å²) < 4.78 is 16.5. The maximum Gasteiger partial charge on any atom is 2.00 e. The third-order valence-corrected chi connectivity index (χ3v) is 3.34. The maximum absolute atomic E-state index is 9.67. The maximum atomic E-state index is 9.67. The average Bonchev–Trinajstić information content (AvgIpc) is 2.13. The minimum atomic E-state index is -0.568. The molecule has 0 aromatic carbocycles. The van der Waals surface area contributed by atoms with Crippen LogP contribution in [0.1, 0.15) is 20.8 Å². The van der Waals surface area contributed by atoms with Gasteiger partial charge in [0.15, 0.2) is 6.29 Å². The predicted molar refractivity (Wildman–Crippen MR) is 55.7 cm³/mol. The molecule has 0 saturated carbocycles. The molecular formula is C11H20O4W. The summed E-state index contributed by atoms with van der Waals surface area (Å²) in [6, 6.07) is 0. The largest absolute Gasteiger partial charge is 2.00 e. The molecule has 5 atom stereocenters. The van der Waals surface area contributed by atoms with Crippen LogP contribution in [0.3, 0.4) is 0 Å². The molecule has 2 aliphatic rings. The van der Waals surface area contributed by atoms with E-state index in [9.17, 15) is 5.11 Å². The van der Waals surface area contributed by atoms with Crippen LogP contribution >= 0.6 is 0 Å². The van der Waals surface area contributed by atoms with Gasteiger partial charge in [0.1, 0.15) is 0 Å². The number of ether oxygens (including phenoxy) is 3. The van der Waals surface area contributed by atoms with Gasteiger partial charge in [0, 0.05) is 0 Å². The molecule has 1 N–H and O–H groups in total. The molecule has 5 unspecified atom stereocenters. The second-order valence-electron chi connectivity index (χ2n) is 4.24. The molecule has 16 heavy (non-hydrogen) atoms. The first-order valence-corrected chi connectivity index (χ1v) is 5.00. The van der Waals surface area contributed by atoms with Crippen LogP contribution in [0.25, 0.3) is 0 Å². The van der Waals surface area contributed by atoms with Crippen molar-refractivity contribution in [3.8, 4) is 0 Å². The Balaban J connectivity index is 0.00000112. The van der Waals surface area contributed by atoms with Crippen LogP contribution in [-0.4, -0.2) is 35.8 Å². The van der Waals surface area contributed by atoms with E-state index >= 15 is 0 Å². The Morgan fingerprint density at radius 2 is 2.00 bits per heavy atom. The van der Waals surface area contributed by atoms with Crippen LogP contribution in [0.2, 0.25) is 0 Å². The quantitative estimate of drug-likeness (QED) is 0.620. The molecule has 2 fully saturated rings. The van der Waals surface area contributed by atoms with Crippen molar-refractivity contribution >= 4 is 0 Å². The van der Waals surface area contributed by atoms with E-state index in [1.165, 1.54) is 6.61 Å². The molecule has 2 rings (SSSR count). The van der Waals surface area contributed by atoms with E-state index in [-0.39, 0.29) is 46.8 Å². The van der Waals surface area contributed by atoms with Gasteiger partial charge < -0.3 is 26.7 Å². The van der Waals surface area contributed by atoms with Gasteiger partial charge >= 0.3 is 21.1 Å². The predicted octanol–water partition coefficient (Wildman–Crippen LogP) is 1.14. The van der Waals surface area contributed by atoms with Crippen LogP contribution in [-0.2, 0) is 35.3 Å². The van der Waals surface area contributed by atoms with Crippen molar-refractivity contribution in [2.75, 3.05) is 6.61 Å². The smallest absolute Gasteiger partial charge is 0.544 e. The number of fused-ring (bicyclic) bond motifs is 1.